The number of ketones is 1. The number of nitrogens with one attached hydrogen (secondary N) is 1. The molecule has 2 unspecified atom stereocenters. The van der Waals surface area contributed by atoms with Crippen LogP contribution in [-0.2, 0) is 33.9 Å². The summed E-state index contributed by atoms with van der Waals surface area (Å²) in [6.07, 6.45) is 6.30. The van der Waals surface area contributed by atoms with Crippen molar-refractivity contribution in [1.29, 1.82) is 0 Å². The SMILES string of the molecule is CC1CC/C=C\[C@@H]2C[C@@]2(C(=O)NS(=O)(=O)C2CC2)CC(=O)C2C[C@@H](O)CN2C(=O)[C@@H](CC(=O)OC(C)(C)C)[C@H](C)C1. The number of hydrogen-bond donors (Lipinski definition) is 2. The molecule has 10 nitrogen and oxygen atoms in total. The number of ether oxygens (including phenoxy) is 1. The van der Waals surface area contributed by atoms with E-state index >= 15 is 0 Å². The molecule has 2 saturated carbocycles. The summed E-state index contributed by atoms with van der Waals surface area (Å²) in [4.78, 5) is 55.5. The highest BCUT2D eigenvalue weighted by Crippen LogP contribution is 2.57. The van der Waals surface area contributed by atoms with Crippen molar-refractivity contribution in [1.82, 2.24) is 9.62 Å². The zero-order valence-electron chi connectivity index (χ0n) is 24.9. The zero-order chi connectivity index (χ0) is 30.3. The van der Waals surface area contributed by atoms with Crippen molar-refractivity contribution in [3.05, 3.63) is 12.2 Å². The van der Waals surface area contributed by atoms with Crippen LogP contribution in [0.25, 0.3) is 0 Å². The Labute approximate surface area is 243 Å². The predicted molar refractivity (Wildman–Crippen MR) is 152 cm³/mol. The number of nitrogens with zero attached hydrogens (tertiary/aromatic N) is 1. The van der Waals surface area contributed by atoms with Crippen LogP contribution < -0.4 is 4.72 Å². The van der Waals surface area contributed by atoms with Gasteiger partial charge >= 0.3 is 5.97 Å². The van der Waals surface area contributed by atoms with E-state index in [4.69, 9.17) is 4.74 Å². The Balaban J connectivity index is 1.62. The molecule has 2 heterocycles. The summed E-state index contributed by atoms with van der Waals surface area (Å²) in [7, 11) is -3.79. The Hall–Kier alpha value is -2.27. The molecule has 2 N–H and O–H groups in total. The van der Waals surface area contributed by atoms with Crippen LogP contribution in [0.2, 0.25) is 0 Å². The molecule has 2 amide bonds. The van der Waals surface area contributed by atoms with Gasteiger partial charge in [-0.25, -0.2) is 8.42 Å². The average molecular weight is 595 g/mol. The lowest BCUT2D eigenvalue weighted by Gasteiger charge is -2.32. The van der Waals surface area contributed by atoms with Crippen LogP contribution in [0.1, 0.15) is 92.4 Å². The van der Waals surface area contributed by atoms with Gasteiger partial charge in [-0.05, 0) is 77.0 Å². The van der Waals surface area contributed by atoms with Crippen molar-refractivity contribution < 1.29 is 37.4 Å². The smallest absolute Gasteiger partial charge is 0.307 e. The summed E-state index contributed by atoms with van der Waals surface area (Å²) < 4.78 is 32.9. The Morgan fingerprint density at radius 1 is 1.15 bits per heavy atom. The van der Waals surface area contributed by atoms with E-state index in [0.717, 1.165) is 12.8 Å². The Kier molecular flexibility index (Phi) is 9.10. The lowest BCUT2D eigenvalue weighted by molar-refractivity contribution is -0.160. The fourth-order valence-electron chi connectivity index (χ4n) is 6.48. The number of amides is 2. The molecule has 0 aromatic carbocycles. The quantitative estimate of drug-likeness (QED) is 0.365. The molecular weight excluding hydrogens is 548 g/mol. The van der Waals surface area contributed by atoms with E-state index in [1.165, 1.54) is 4.90 Å². The molecule has 0 spiro atoms. The molecule has 0 aromatic rings. The number of fused-ring (bicyclic) bond motifs is 2. The van der Waals surface area contributed by atoms with E-state index in [9.17, 15) is 32.7 Å². The number of carbonyl (C=O) groups is 4. The number of rotatable bonds is 5. The summed E-state index contributed by atoms with van der Waals surface area (Å²) in [5.41, 5.74) is -1.92. The molecule has 0 aromatic heterocycles. The fourth-order valence-corrected chi connectivity index (χ4v) is 7.86. The van der Waals surface area contributed by atoms with Gasteiger partial charge in [-0.2, -0.15) is 0 Å². The van der Waals surface area contributed by atoms with Gasteiger partial charge in [-0.3, -0.25) is 23.9 Å². The van der Waals surface area contributed by atoms with E-state index in [-0.39, 0.29) is 55.3 Å². The van der Waals surface area contributed by atoms with Gasteiger partial charge < -0.3 is 14.7 Å². The highest BCUT2D eigenvalue weighted by Gasteiger charge is 2.61. The van der Waals surface area contributed by atoms with Crippen LogP contribution in [0.3, 0.4) is 0 Å². The number of allylic oxidation sites excluding steroid dienone is 2. The standard InChI is InChI=1S/C30H46N2O8S/c1-18-8-6-7-9-20-15-30(20,28(37)31-41(38,39)22-10-11-22)16-25(34)24-13-21(33)17-32(24)27(36)23(19(2)12-18)14-26(35)40-29(3,4)5/h7,9,18-24,33H,6,8,10-17H2,1-5H3,(H,31,37)/b9-7-/t18?,19-,20-,21-,23+,24?,30-/m1/s1. The van der Waals surface area contributed by atoms with Gasteiger partial charge in [0.1, 0.15) is 5.60 Å². The van der Waals surface area contributed by atoms with Crippen molar-refractivity contribution >= 4 is 33.6 Å². The molecular formula is C30H46N2O8S. The van der Waals surface area contributed by atoms with Crippen LogP contribution in [0.5, 0.6) is 0 Å². The maximum Gasteiger partial charge on any atom is 0.307 e. The summed E-state index contributed by atoms with van der Waals surface area (Å²) in [5.74, 6) is -2.86. The molecule has 4 rings (SSSR count). The van der Waals surface area contributed by atoms with Crippen molar-refractivity contribution in [3.8, 4) is 0 Å². The Morgan fingerprint density at radius 3 is 2.46 bits per heavy atom. The second-order valence-electron chi connectivity index (χ2n) is 13.9. The first kappa shape index (κ1) is 31.7. The minimum atomic E-state index is -3.79. The number of aliphatic hydroxyl groups excluding tert-OH is 1. The van der Waals surface area contributed by atoms with E-state index in [0.29, 0.717) is 25.7 Å². The minimum absolute atomic E-state index is 0.0348. The van der Waals surface area contributed by atoms with E-state index in [1.54, 1.807) is 20.8 Å². The highest BCUT2D eigenvalue weighted by molar-refractivity contribution is 7.90. The molecule has 2 aliphatic carbocycles. The Morgan fingerprint density at radius 2 is 1.83 bits per heavy atom. The first-order chi connectivity index (χ1) is 19.0. The van der Waals surface area contributed by atoms with Crippen LogP contribution in [0, 0.1) is 29.1 Å². The van der Waals surface area contributed by atoms with Crippen molar-refractivity contribution in [2.45, 2.75) is 115 Å². The third-order valence-electron chi connectivity index (χ3n) is 8.99. The second-order valence-corrected chi connectivity index (χ2v) is 15.9. The number of Topliss-reactive ketones (excluding diaryl/α,β-unsaturated/α-hetero) is 1. The van der Waals surface area contributed by atoms with Crippen LogP contribution in [0.15, 0.2) is 12.2 Å². The topological polar surface area (TPSA) is 147 Å². The first-order valence-electron chi connectivity index (χ1n) is 15.0. The monoisotopic (exact) mass is 594 g/mol. The van der Waals surface area contributed by atoms with Crippen LogP contribution in [0.4, 0.5) is 0 Å². The van der Waals surface area contributed by atoms with Crippen molar-refractivity contribution in [2.75, 3.05) is 6.54 Å². The fraction of sp³-hybridized carbons (Fsp3) is 0.800. The summed E-state index contributed by atoms with van der Waals surface area (Å²) in [6.45, 7) is 9.29. The number of aliphatic hydroxyl groups is 1. The van der Waals surface area contributed by atoms with Crippen LogP contribution >= 0.6 is 0 Å². The number of hydrogen-bond acceptors (Lipinski definition) is 8. The molecule has 3 fully saturated rings. The maximum atomic E-state index is 14.0. The molecule has 230 valence electrons. The summed E-state index contributed by atoms with van der Waals surface area (Å²) in [6, 6.07) is -0.955. The molecule has 0 radical (unpaired) electrons. The van der Waals surface area contributed by atoms with Gasteiger partial charge in [0.15, 0.2) is 5.78 Å². The summed E-state index contributed by atoms with van der Waals surface area (Å²) in [5, 5.41) is 9.98. The van der Waals surface area contributed by atoms with Gasteiger partial charge in [-0.1, -0.05) is 26.0 Å². The van der Waals surface area contributed by atoms with Gasteiger partial charge in [0.05, 0.1) is 35.1 Å². The highest BCUT2D eigenvalue weighted by atomic mass is 32.2. The number of carbonyl (C=O) groups excluding carboxylic acids is 4. The van der Waals surface area contributed by atoms with Crippen LogP contribution in [-0.4, -0.2) is 71.5 Å². The molecule has 1 saturated heterocycles. The van der Waals surface area contributed by atoms with E-state index < -0.39 is 56.2 Å². The molecule has 4 aliphatic rings. The normalized spacial score (nSPS) is 35.9. The molecule has 7 atom stereocenters. The van der Waals surface area contributed by atoms with Gasteiger partial charge in [0.2, 0.25) is 21.8 Å². The van der Waals surface area contributed by atoms with Crippen molar-refractivity contribution in [2.24, 2.45) is 29.1 Å². The third kappa shape index (κ3) is 7.58. The Bertz CT molecular complexity index is 1190. The van der Waals surface area contributed by atoms with E-state index in [1.807, 2.05) is 19.1 Å². The van der Waals surface area contributed by atoms with Gasteiger partial charge in [0.25, 0.3) is 0 Å². The third-order valence-corrected chi connectivity index (χ3v) is 10.8. The molecule has 0 bridgehead atoms. The number of esters is 1. The maximum absolute atomic E-state index is 14.0. The second kappa shape index (κ2) is 11.8. The average Bonchev–Trinajstić information content (AvgIpc) is 3.76. The predicted octanol–water partition coefficient (Wildman–Crippen LogP) is 2.88. The number of sulfonamides is 1. The first-order valence-corrected chi connectivity index (χ1v) is 16.5. The molecule has 11 heteroatoms. The molecule has 2 aliphatic heterocycles. The van der Waals surface area contributed by atoms with Gasteiger partial charge in [-0.15, -0.1) is 0 Å². The largest absolute Gasteiger partial charge is 0.460 e. The molecule has 41 heavy (non-hydrogen) atoms. The van der Waals surface area contributed by atoms with Gasteiger partial charge in [0, 0.05) is 19.4 Å². The summed E-state index contributed by atoms with van der Waals surface area (Å²) >= 11 is 0. The van der Waals surface area contributed by atoms with Crippen molar-refractivity contribution in [3.63, 3.8) is 0 Å². The lowest BCUT2D eigenvalue weighted by Crippen LogP contribution is -2.47. The zero-order valence-corrected chi connectivity index (χ0v) is 25.7. The van der Waals surface area contributed by atoms with E-state index in [2.05, 4.69) is 11.6 Å². The lowest BCUT2D eigenvalue weighted by atomic mass is 9.82. The minimum Gasteiger partial charge on any atom is -0.460 e.